The molecule has 1 amide bonds. The van der Waals surface area contributed by atoms with Gasteiger partial charge in [0, 0.05) is 56.4 Å². The summed E-state index contributed by atoms with van der Waals surface area (Å²) in [5, 5.41) is 1.16. The van der Waals surface area contributed by atoms with Crippen molar-refractivity contribution in [1.29, 1.82) is 0 Å². The number of carbonyl (C=O) groups excluding carboxylic acids is 1. The molecule has 0 spiro atoms. The van der Waals surface area contributed by atoms with Crippen LogP contribution >= 0.6 is 0 Å². The van der Waals surface area contributed by atoms with E-state index in [-0.39, 0.29) is 5.91 Å². The molecule has 152 valence electrons. The third-order valence-electron chi connectivity index (χ3n) is 5.65. The lowest BCUT2D eigenvalue weighted by atomic mass is 10.2. The maximum absolute atomic E-state index is 12.9. The number of rotatable bonds is 4. The summed E-state index contributed by atoms with van der Waals surface area (Å²) < 4.78 is 3.96. The summed E-state index contributed by atoms with van der Waals surface area (Å²) in [5.74, 6) is 2.70. The SMILES string of the molecule is Cc1nccn1-c1cc(N2CCN(C(=O)Cn3ccc4ccccc43)CC2)ncn1. The Balaban J connectivity index is 1.24. The number of fused-ring (bicyclic) bond motifs is 1. The third-order valence-corrected chi connectivity index (χ3v) is 5.65. The fourth-order valence-corrected chi connectivity index (χ4v) is 3.97. The Kier molecular flexibility index (Phi) is 4.66. The van der Waals surface area contributed by atoms with Crippen LogP contribution in [0.4, 0.5) is 5.82 Å². The molecule has 8 heteroatoms. The number of nitrogens with zero attached hydrogens (tertiary/aromatic N) is 7. The van der Waals surface area contributed by atoms with Gasteiger partial charge in [0.2, 0.25) is 5.91 Å². The van der Waals surface area contributed by atoms with Crippen molar-refractivity contribution in [3.8, 4) is 5.82 Å². The van der Waals surface area contributed by atoms with Gasteiger partial charge in [0.05, 0.1) is 0 Å². The van der Waals surface area contributed by atoms with E-state index >= 15 is 0 Å². The van der Waals surface area contributed by atoms with Crippen molar-refractivity contribution in [3.05, 3.63) is 67.1 Å². The van der Waals surface area contributed by atoms with Gasteiger partial charge in [0.1, 0.15) is 30.3 Å². The van der Waals surface area contributed by atoms with Gasteiger partial charge < -0.3 is 14.4 Å². The minimum Gasteiger partial charge on any atom is -0.353 e. The molecule has 1 aliphatic heterocycles. The smallest absolute Gasteiger partial charge is 0.242 e. The van der Waals surface area contributed by atoms with Crippen LogP contribution in [0, 0.1) is 6.92 Å². The van der Waals surface area contributed by atoms with Gasteiger partial charge in [-0.15, -0.1) is 0 Å². The zero-order valence-electron chi connectivity index (χ0n) is 16.8. The molecule has 30 heavy (non-hydrogen) atoms. The molecular weight excluding hydrogens is 378 g/mol. The molecule has 3 aromatic heterocycles. The first-order valence-electron chi connectivity index (χ1n) is 10.1. The van der Waals surface area contributed by atoms with E-state index in [1.807, 2.05) is 51.6 Å². The Morgan fingerprint density at radius 2 is 1.77 bits per heavy atom. The van der Waals surface area contributed by atoms with Gasteiger partial charge in [-0.3, -0.25) is 9.36 Å². The number of hydrogen-bond donors (Lipinski definition) is 0. The summed E-state index contributed by atoms with van der Waals surface area (Å²) >= 11 is 0. The van der Waals surface area contributed by atoms with Crippen LogP contribution in [0.1, 0.15) is 5.82 Å². The summed E-state index contributed by atoms with van der Waals surface area (Å²) in [4.78, 5) is 30.1. The number of piperazine rings is 1. The molecule has 1 aliphatic rings. The second-order valence-corrected chi connectivity index (χ2v) is 7.45. The van der Waals surface area contributed by atoms with Crippen molar-refractivity contribution in [2.45, 2.75) is 13.5 Å². The highest BCUT2D eigenvalue weighted by atomic mass is 16.2. The predicted octanol–water partition coefficient (Wildman–Crippen LogP) is 2.27. The van der Waals surface area contributed by atoms with Crippen LogP contribution in [-0.2, 0) is 11.3 Å². The molecule has 4 heterocycles. The van der Waals surface area contributed by atoms with Crippen LogP contribution in [0.2, 0.25) is 0 Å². The second kappa shape index (κ2) is 7.62. The van der Waals surface area contributed by atoms with Gasteiger partial charge in [-0.1, -0.05) is 18.2 Å². The van der Waals surface area contributed by atoms with E-state index in [4.69, 9.17) is 0 Å². The monoisotopic (exact) mass is 401 g/mol. The van der Waals surface area contributed by atoms with Crippen molar-refractivity contribution < 1.29 is 4.79 Å². The molecule has 0 atom stereocenters. The second-order valence-electron chi connectivity index (χ2n) is 7.45. The predicted molar refractivity (Wildman–Crippen MR) is 115 cm³/mol. The number of anilines is 1. The van der Waals surface area contributed by atoms with E-state index in [9.17, 15) is 4.79 Å². The molecule has 8 nitrogen and oxygen atoms in total. The summed E-state index contributed by atoms with van der Waals surface area (Å²) in [6.45, 7) is 5.17. The number of benzene rings is 1. The number of para-hydroxylation sites is 1. The topological polar surface area (TPSA) is 72.1 Å². The average Bonchev–Trinajstić information content (AvgIpc) is 3.40. The highest BCUT2D eigenvalue weighted by Gasteiger charge is 2.22. The normalized spacial score (nSPS) is 14.4. The number of amides is 1. The number of carbonyl (C=O) groups is 1. The number of aromatic nitrogens is 5. The maximum atomic E-state index is 12.9. The molecule has 0 radical (unpaired) electrons. The van der Waals surface area contributed by atoms with Crippen molar-refractivity contribution in [2.75, 3.05) is 31.1 Å². The lowest BCUT2D eigenvalue weighted by molar-refractivity contribution is -0.132. The van der Waals surface area contributed by atoms with Crippen molar-refractivity contribution >= 4 is 22.6 Å². The van der Waals surface area contributed by atoms with Gasteiger partial charge in [-0.2, -0.15) is 0 Å². The van der Waals surface area contributed by atoms with Crippen LogP contribution in [0.3, 0.4) is 0 Å². The Morgan fingerprint density at radius 1 is 0.967 bits per heavy atom. The molecule has 1 fully saturated rings. The summed E-state index contributed by atoms with van der Waals surface area (Å²) in [6, 6.07) is 12.2. The lowest BCUT2D eigenvalue weighted by Crippen LogP contribution is -2.49. The third kappa shape index (κ3) is 3.41. The summed E-state index contributed by atoms with van der Waals surface area (Å²) in [7, 11) is 0. The lowest BCUT2D eigenvalue weighted by Gasteiger charge is -2.35. The zero-order chi connectivity index (χ0) is 20.5. The van der Waals surface area contributed by atoms with E-state index in [1.165, 1.54) is 0 Å². The minimum atomic E-state index is 0.147. The number of aryl methyl sites for hydroxylation is 1. The first-order chi connectivity index (χ1) is 14.7. The number of imidazole rings is 1. The first kappa shape index (κ1) is 18.4. The van der Waals surface area contributed by atoms with Crippen LogP contribution in [0.25, 0.3) is 16.7 Å². The summed E-state index contributed by atoms with van der Waals surface area (Å²) in [5.41, 5.74) is 1.09. The van der Waals surface area contributed by atoms with E-state index < -0.39 is 0 Å². The Hall–Kier alpha value is -3.68. The van der Waals surface area contributed by atoms with Crippen LogP contribution in [0.5, 0.6) is 0 Å². The van der Waals surface area contributed by atoms with Gasteiger partial charge in [0.15, 0.2) is 0 Å². The van der Waals surface area contributed by atoms with Crippen LogP contribution in [0.15, 0.2) is 61.3 Å². The van der Waals surface area contributed by atoms with Crippen molar-refractivity contribution in [3.63, 3.8) is 0 Å². The van der Waals surface area contributed by atoms with Crippen molar-refractivity contribution in [1.82, 2.24) is 29.0 Å². The molecule has 4 aromatic rings. The maximum Gasteiger partial charge on any atom is 0.242 e. The Morgan fingerprint density at radius 3 is 2.57 bits per heavy atom. The number of hydrogen-bond acceptors (Lipinski definition) is 5. The van der Waals surface area contributed by atoms with Gasteiger partial charge >= 0.3 is 0 Å². The van der Waals surface area contributed by atoms with Gasteiger partial charge in [-0.25, -0.2) is 15.0 Å². The standard InChI is InChI=1S/C22H23N7O/c1-17-23-7-9-29(17)21-14-20(24-16-25-21)26-10-12-27(13-11-26)22(30)15-28-8-6-18-4-2-3-5-19(18)28/h2-9,14,16H,10-13,15H2,1H3. The molecule has 0 bridgehead atoms. The largest absolute Gasteiger partial charge is 0.353 e. The molecule has 0 unspecified atom stereocenters. The van der Waals surface area contributed by atoms with E-state index in [2.05, 4.69) is 38.1 Å². The molecule has 1 saturated heterocycles. The van der Waals surface area contributed by atoms with Gasteiger partial charge in [0.25, 0.3) is 0 Å². The quantitative estimate of drug-likeness (QED) is 0.525. The average molecular weight is 401 g/mol. The fourth-order valence-electron chi connectivity index (χ4n) is 3.97. The zero-order valence-corrected chi connectivity index (χ0v) is 16.8. The van der Waals surface area contributed by atoms with E-state index in [1.54, 1.807) is 12.5 Å². The minimum absolute atomic E-state index is 0.147. The van der Waals surface area contributed by atoms with E-state index in [0.717, 1.165) is 41.5 Å². The highest BCUT2D eigenvalue weighted by Crippen LogP contribution is 2.18. The van der Waals surface area contributed by atoms with Gasteiger partial charge in [-0.05, 0) is 24.4 Å². The first-order valence-corrected chi connectivity index (χ1v) is 10.1. The van der Waals surface area contributed by atoms with Crippen molar-refractivity contribution in [2.24, 2.45) is 0 Å². The molecule has 0 N–H and O–H groups in total. The Bertz CT molecular complexity index is 1190. The van der Waals surface area contributed by atoms with Crippen LogP contribution in [-0.4, -0.2) is 61.1 Å². The molecule has 0 saturated carbocycles. The summed E-state index contributed by atoms with van der Waals surface area (Å²) in [6.07, 6.45) is 7.22. The fraction of sp³-hybridized carbons (Fsp3) is 0.273. The van der Waals surface area contributed by atoms with E-state index in [0.29, 0.717) is 19.6 Å². The highest BCUT2D eigenvalue weighted by molar-refractivity contribution is 5.83. The van der Waals surface area contributed by atoms with Crippen LogP contribution < -0.4 is 4.90 Å². The molecule has 5 rings (SSSR count). The molecular formula is C22H23N7O. The Labute approximate surface area is 174 Å². The molecule has 1 aromatic carbocycles. The molecule has 0 aliphatic carbocycles.